The summed E-state index contributed by atoms with van der Waals surface area (Å²) in [4.78, 5) is 14.8. The molecular formula is C17H30N2O. The fraction of sp³-hybridized carbons (Fsp3) is 0.941. The highest BCUT2D eigenvalue weighted by molar-refractivity contribution is 5.84. The van der Waals surface area contributed by atoms with Gasteiger partial charge in [0.1, 0.15) is 0 Å². The summed E-state index contributed by atoms with van der Waals surface area (Å²) in [5.41, 5.74) is 0. The molecule has 0 spiro atoms. The summed E-state index contributed by atoms with van der Waals surface area (Å²) in [5, 5.41) is 3.57. The molecule has 1 heterocycles. The zero-order valence-electron chi connectivity index (χ0n) is 13.1. The number of unbranched alkanes of at least 4 members (excludes halogenated alkanes) is 1. The predicted octanol–water partition coefficient (Wildman–Crippen LogP) is 3.15. The molecule has 1 saturated heterocycles. The number of hydrogen-bond donors (Lipinski definition) is 1. The van der Waals surface area contributed by atoms with Crippen LogP contribution in [0.1, 0.15) is 65.2 Å². The van der Waals surface area contributed by atoms with E-state index >= 15 is 0 Å². The van der Waals surface area contributed by atoms with Gasteiger partial charge in [-0.25, -0.2) is 0 Å². The van der Waals surface area contributed by atoms with Crippen molar-refractivity contribution >= 4 is 5.91 Å². The minimum absolute atomic E-state index is 0.0958. The van der Waals surface area contributed by atoms with Crippen LogP contribution in [0.5, 0.6) is 0 Å². The van der Waals surface area contributed by atoms with Crippen molar-refractivity contribution in [1.82, 2.24) is 10.2 Å². The van der Waals surface area contributed by atoms with Gasteiger partial charge in [-0.3, -0.25) is 10.1 Å². The van der Waals surface area contributed by atoms with Crippen LogP contribution in [-0.2, 0) is 4.79 Å². The molecule has 1 amide bonds. The molecule has 5 unspecified atom stereocenters. The zero-order valence-corrected chi connectivity index (χ0v) is 13.1. The van der Waals surface area contributed by atoms with Gasteiger partial charge in [-0.1, -0.05) is 33.1 Å². The van der Waals surface area contributed by atoms with Crippen LogP contribution in [0.15, 0.2) is 0 Å². The Morgan fingerprint density at radius 1 is 1.25 bits per heavy atom. The van der Waals surface area contributed by atoms with E-state index in [1.807, 2.05) is 0 Å². The average molecular weight is 278 g/mol. The molecule has 2 bridgehead atoms. The van der Waals surface area contributed by atoms with E-state index in [1.165, 1.54) is 32.1 Å². The van der Waals surface area contributed by atoms with Gasteiger partial charge in [-0.2, -0.15) is 0 Å². The fourth-order valence-corrected chi connectivity index (χ4v) is 4.77. The standard InChI is InChI=1S/C17H30N2O/c1-3-5-6-15-17(20)19(16(4-2)18-15)11-14-10-12-7-8-13(14)9-12/h12-16,18H,3-11H2,1-2H3. The highest BCUT2D eigenvalue weighted by Gasteiger charge is 2.44. The molecular weight excluding hydrogens is 248 g/mol. The number of carbonyl (C=O) groups excluding carboxylic acids is 1. The molecule has 1 N–H and O–H groups in total. The van der Waals surface area contributed by atoms with Gasteiger partial charge in [-0.05, 0) is 49.9 Å². The Hall–Kier alpha value is -0.570. The summed E-state index contributed by atoms with van der Waals surface area (Å²) in [6.07, 6.45) is 10.4. The van der Waals surface area contributed by atoms with Crippen molar-refractivity contribution in [3.05, 3.63) is 0 Å². The highest BCUT2D eigenvalue weighted by atomic mass is 16.2. The fourth-order valence-electron chi connectivity index (χ4n) is 4.77. The molecule has 3 nitrogen and oxygen atoms in total. The third-order valence-corrected chi connectivity index (χ3v) is 5.90. The zero-order chi connectivity index (χ0) is 14.1. The summed E-state index contributed by atoms with van der Waals surface area (Å²) < 4.78 is 0. The van der Waals surface area contributed by atoms with E-state index in [2.05, 4.69) is 24.1 Å². The first kappa shape index (κ1) is 14.4. The van der Waals surface area contributed by atoms with Crippen LogP contribution >= 0.6 is 0 Å². The molecule has 0 aromatic rings. The maximum Gasteiger partial charge on any atom is 0.241 e. The average Bonchev–Trinajstić information content (AvgIpc) is 3.14. The van der Waals surface area contributed by atoms with Crippen LogP contribution in [0, 0.1) is 17.8 Å². The minimum Gasteiger partial charge on any atom is -0.326 e. The lowest BCUT2D eigenvalue weighted by Crippen LogP contribution is -2.41. The number of hydrogen-bond acceptors (Lipinski definition) is 2. The molecule has 3 rings (SSSR count). The van der Waals surface area contributed by atoms with Gasteiger partial charge in [0, 0.05) is 6.54 Å². The molecule has 2 aliphatic carbocycles. The first-order chi connectivity index (χ1) is 9.72. The van der Waals surface area contributed by atoms with E-state index in [0.717, 1.165) is 43.6 Å². The Morgan fingerprint density at radius 2 is 2.10 bits per heavy atom. The molecule has 3 aliphatic rings. The van der Waals surface area contributed by atoms with E-state index < -0.39 is 0 Å². The molecule has 3 fully saturated rings. The van der Waals surface area contributed by atoms with Gasteiger partial charge in [0.15, 0.2) is 0 Å². The first-order valence-electron chi connectivity index (χ1n) is 8.79. The van der Waals surface area contributed by atoms with E-state index in [9.17, 15) is 4.79 Å². The molecule has 1 aliphatic heterocycles. The summed E-state index contributed by atoms with van der Waals surface area (Å²) in [5.74, 6) is 3.07. The Balaban J connectivity index is 1.60. The molecule has 20 heavy (non-hydrogen) atoms. The lowest BCUT2D eigenvalue weighted by molar-refractivity contribution is -0.131. The van der Waals surface area contributed by atoms with Crippen LogP contribution in [0.3, 0.4) is 0 Å². The molecule has 2 saturated carbocycles. The normalized spacial score (nSPS) is 40.0. The third-order valence-electron chi connectivity index (χ3n) is 5.90. The third kappa shape index (κ3) is 2.61. The number of nitrogens with one attached hydrogen (secondary N) is 1. The SMILES string of the molecule is CCCCC1NC(CC)N(CC2CC3CCC2C3)C1=O. The van der Waals surface area contributed by atoms with Crippen LogP contribution in [0.4, 0.5) is 0 Å². The van der Waals surface area contributed by atoms with Crippen LogP contribution in [0.25, 0.3) is 0 Å². The molecule has 114 valence electrons. The van der Waals surface area contributed by atoms with Crippen LogP contribution in [-0.4, -0.2) is 29.6 Å². The van der Waals surface area contributed by atoms with Crippen molar-refractivity contribution in [2.45, 2.75) is 77.4 Å². The van der Waals surface area contributed by atoms with Crippen molar-refractivity contribution < 1.29 is 4.79 Å². The Morgan fingerprint density at radius 3 is 2.70 bits per heavy atom. The van der Waals surface area contributed by atoms with Crippen LogP contribution in [0.2, 0.25) is 0 Å². The van der Waals surface area contributed by atoms with Gasteiger partial charge in [0.05, 0.1) is 12.2 Å². The smallest absolute Gasteiger partial charge is 0.241 e. The summed E-state index contributed by atoms with van der Waals surface area (Å²) >= 11 is 0. The molecule has 0 aromatic carbocycles. The lowest BCUT2D eigenvalue weighted by atomic mass is 9.88. The lowest BCUT2D eigenvalue weighted by Gasteiger charge is -2.30. The van der Waals surface area contributed by atoms with Crippen molar-refractivity contribution in [3.8, 4) is 0 Å². The van der Waals surface area contributed by atoms with E-state index in [4.69, 9.17) is 0 Å². The van der Waals surface area contributed by atoms with Gasteiger partial charge in [0.25, 0.3) is 0 Å². The summed E-state index contributed by atoms with van der Waals surface area (Å²) in [7, 11) is 0. The second kappa shape index (κ2) is 6.05. The van der Waals surface area contributed by atoms with E-state index in [-0.39, 0.29) is 6.04 Å². The summed E-state index contributed by atoms with van der Waals surface area (Å²) in [6, 6.07) is 0.0958. The van der Waals surface area contributed by atoms with Crippen molar-refractivity contribution in [2.75, 3.05) is 6.54 Å². The second-order valence-electron chi connectivity index (χ2n) is 7.21. The van der Waals surface area contributed by atoms with Gasteiger partial charge in [-0.15, -0.1) is 0 Å². The van der Waals surface area contributed by atoms with Crippen molar-refractivity contribution in [2.24, 2.45) is 17.8 Å². The quantitative estimate of drug-likeness (QED) is 0.809. The predicted molar refractivity (Wildman–Crippen MR) is 81.2 cm³/mol. The molecule has 5 atom stereocenters. The number of amides is 1. The largest absolute Gasteiger partial charge is 0.326 e. The van der Waals surface area contributed by atoms with Crippen molar-refractivity contribution in [1.29, 1.82) is 0 Å². The Kier molecular flexibility index (Phi) is 4.34. The van der Waals surface area contributed by atoms with E-state index in [0.29, 0.717) is 12.1 Å². The maximum atomic E-state index is 12.6. The number of fused-ring (bicyclic) bond motifs is 2. The van der Waals surface area contributed by atoms with Crippen molar-refractivity contribution in [3.63, 3.8) is 0 Å². The number of carbonyl (C=O) groups is 1. The summed E-state index contributed by atoms with van der Waals surface area (Å²) in [6.45, 7) is 5.42. The first-order valence-corrected chi connectivity index (χ1v) is 8.79. The highest BCUT2D eigenvalue weighted by Crippen LogP contribution is 2.48. The topological polar surface area (TPSA) is 32.3 Å². The van der Waals surface area contributed by atoms with Crippen LogP contribution < -0.4 is 5.32 Å². The monoisotopic (exact) mass is 278 g/mol. The number of nitrogens with zero attached hydrogens (tertiary/aromatic N) is 1. The molecule has 3 heteroatoms. The minimum atomic E-state index is 0.0958. The van der Waals surface area contributed by atoms with E-state index in [1.54, 1.807) is 0 Å². The Bertz CT molecular complexity index is 357. The molecule has 0 radical (unpaired) electrons. The van der Waals surface area contributed by atoms with Gasteiger partial charge >= 0.3 is 0 Å². The maximum absolute atomic E-state index is 12.6. The number of rotatable bonds is 6. The van der Waals surface area contributed by atoms with Gasteiger partial charge in [0.2, 0.25) is 5.91 Å². The second-order valence-corrected chi connectivity index (χ2v) is 7.21. The molecule has 0 aromatic heterocycles. The Labute approximate surface area is 123 Å². The van der Waals surface area contributed by atoms with Gasteiger partial charge < -0.3 is 4.90 Å².